The molecule has 0 radical (unpaired) electrons. The summed E-state index contributed by atoms with van der Waals surface area (Å²) in [5.41, 5.74) is 1.91. The largest absolute Gasteiger partial charge is 0.548 e. The number of amides is 1. The van der Waals surface area contributed by atoms with E-state index in [2.05, 4.69) is 0 Å². The fraction of sp³-hybridized carbons (Fsp3) is 0.353. The van der Waals surface area contributed by atoms with E-state index >= 15 is 0 Å². The fourth-order valence-electron chi connectivity index (χ4n) is 2.42. The molecule has 1 aliphatic rings. The highest BCUT2D eigenvalue weighted by molar-refractivity contribution is 8.26. The van der Waals surface area contributed by atoms with Crippen LogP contribution in [-0.4, -0.2) is 41.2 Å². The number of aliphatic carboxylic acids is 1. The van der Waals surface area contributed by atoms with Crippen molar-refractivity contribution in [3.8, 4) is 0 Å². The van der Waals surface area contributed by atoms with Crippen molar-refractivity contribution in [1.82, 2.24) is 4.90 Å². The molecule has 1 fully saturated rings. The maximum atomic E-state index is 12.6. The van der Waals surface area contributed by atoms with Crippen molar-refractivity contribution in [2.45, 2.75) is 19.9 Å². The minimum atomic E-state index is -1.29. The maximum Gasteiger partial charge on any atom is 0.266 e. The zero-order valence-electron chi connectivity index (χ0n) is 14.0. The number of carbonyl (C=O) groups is 2. The van der Waals surface area contributed by atoms with Gasteiger partial charge in [-0.2, -0.15) is 0 Å². The molecule has 7 heteroatoms. The Bertz CT molecular complexity index is 696. The summed E-state index contributed by atoms with van der Waals surface area (Å²) in [7, 11) is 3.90. The zero-order valence-corrected chi connectivity index (χ0v) is 15.6. The highest BCUT2D eigenvalue weighted by atomic mass is 32.2. The van der Waals surface area contributed by atoms with Crippen molar-refractivity contribution in [2.75, 3.05) is 19.0 Å². The molecule has 0 spiro atoms. The first kappa shape index (κ1) is 18.5. The van der Waals surface area contributed by atoms with Gasteiger partial charge < -0.3 is 14.8 Å². The smallest absolute Gasteiger partial charge is 0.266 e. The first-order valence-electron chi connectivity index (χ1n) is 7.47. The number of rotatable bonds is 5. The van der Waals surface area contributed by atoms with Gasteiger partial charge in [-0.3, -0.25) is 9.69 Å². The van der Waals surface area contributed by atoms with Gasteiger partial charge in [0.15, 0.2) is 0 Å². The van der Waals surface area contributed by atoms with Crippen LogP contribution in [0.15, 0.2) is 29.2 Å². The van der Waals surface area contributed by atoms with E-state index in [9.17, 15) is 14.7 Å². The number of hydrogen-bond acceptors (Lipinski definition) is 6. The van der Waals surface area contributed by atoms with Crippen LogP contribution in [0.4, 0.5) is 5.69 Å². The molecule has 0 aliphatic carbocycles. The lowest BCUT2D eigenvalue weighted by molar-refractivity contribution is -0.311. The van der Waals surface area contributed by atoms with Gasteiger partial charge in [-0.1, -0.05) is 50.0 Å². The molecule has 2 rings (SSSR count). The standard InChI is InChI=1S/C17H20N2O3S2/c1-10(2)14(16(21)22)19-15(20)13(24-17(19)23)9-11-5-7-12(8-6-11)18(3)4/h5-10,14H,1-4H3,(H,21,22)/p-1/b13-9-/t14-/m0/s1. The molecule has 1 atom stereocenters. The number of thioether (sulfide) groups is 1. The molecule has 5 nitrogen and oxygen atoms in total. The predicted octanol–water partition coefficient (Wildman–Crippen LogP) is 1.73. The molecule has 1 aliphatic heterocycles. The molecule has 24 heavy (non-hydrogen) atoms. The van der Waals surface area contributed by atoms with Gasteiger partial charge in [-0.25, -0.2) is 0 Å². The topological polar surface area (TPSA) is 63.7 Å². The van der Waals surface area contributed by atoms with E-state index in [0.717, 1.165) is 27.9 Å². The highest BCUT2D eigenvalue weighted by Gasteiger charge is 2.38. The van der Waals surface area contributed by atoms with E-state index in [-0.39, 0.29) is 16.1 Å². The second kappa shape index (κ2) is 7.36. The Balaban J connectivity index is 2.29. The number of benzene rings is 1. The van der Waals surface area contributed by atoms with Crippen LogP contribution < -0.4 is 10.0 Å². The molecule has 0 unspecified atom stereocenters. The number of carboxylic acid groups (broad SMARTS) is 1. The molecular weight excluding hydrogens is 344 g/mol. The van der Waals surface area contributed by atoms with Crippen molar-refractivity contribution in [2.24, 2.45) is 5.92 Å². The first-order chi connectivity index (χ1) is 11.2. The molecule has 0 aromatic heterocycles. The van der Waals surface area contributed by atoms with Crippen molar-refractivity contribution in [1.29, 1.82) is 0 Å². The summed E-state index contributed by atoms with van der Waals surface area (Å²) in [6, 6.07) is 6.65. The summed E-state index contributed by atoms with van der Waals surface area (Å²) in [5.74, 6) is -1.97. The number of anilines is 1. The van der Waals surface area contributed by atoms with Gasteiger partial charge >= 0.3 is 0 Å². The average Bonchev–Trinajstić information content (AvgIpc) is 2.75. The Morgan fingerprint density at radius 2 is 1.88 bits per heavy atom. The van der Waals surface area contributed by atoms with Crippen molar-refractivity contribution >= 4 is 51.9 Å². The quantitative estimate of drug-likeness (QED) is 0.586. The van der Waals surface area contributed by atoms with Gasteiger partial charge in [0.25, 0.3) is 5.91 Å². The lowest BCUT2D eigenvalue weighted by atomic mass is 10.0. The highest BCUT2D eigenvalue weighted by Crippen LogP contribution is 2.35. The van der Waals surface area contributed by atoms with Crippen LogP contribution in [0.3, 0.4) is 0 Å². The van der Waals surface area contributed by atoms with Crippen LogP contribution in [-0.2, 0) is 9.59 Å². The Labute approximate surface area is 151 Å². The number of carbonyl (C=O) groups excluding carboxylic acids is 2. The van der Waals surface area contributed by atoms with Crippen LogP contribution in [0.5, 0.6) is 0 Å². The van der Waals surface area contributed by atoms with Gasteiger partial charge in [-0.05, 0) is 29.7 Å². The molecule has 1 amide bonds. The monoisotopic (exact) mass is 363 g/mol. The van der Waals surface area contributed by atoms with Crippen LogP contribution >= 0.6 is 24.0 Å². The zero-order chi connectivity index (χ0) is 18.0. The van der Waals surface area contributed by atoms with E-state index in [0.29, 0.717) is 4.91 Å². The summed E-state index contributed by atoms with van der Waals surface area (Å²) in [6.45, 7) is 3.45. The van der Waals surface area contributed by atoms with Crippen molar-refractivity contribution in [3.05, 3.63) is 34.7 Å². The SMILES string of the molecule is CC(C)[C@@H](C(=O)[O-])N1C(=O)/C(=C/c2ccc(N(C)C)cc2)SC1=S. The first-order valence-corrected chi connectivity index (χ1v) is 8.70. The summed E-state index contributed by atoms with van der Waals surface area (Å²) in [5, 5.41) is 11.4. The van der Waals surface area contributed by atoms with Crippen LogP contribution in [0.25, 0.3) is 6.08 Å². The number of carboxylic acids is 1. The van der Waals surface area contributed by atoms with Gasteiger partial charge in [0, 0.05) is 19.8 Å². The van der Waals surface area contributed by atoms with Gasteiger partial charge in [0.1, 0.15) is 4.32 Å². The normalized spacial score (nSPS) is 17.7. The number of nitrogens with zero attached hydrogens (tertiary/aromatic N) is 2. The van der Waals surface area contributed by atoms with E-state index in [1.54, 1.807) is 19.9 Å². The lowest BCUT2D eigenvalue weighted by Gasteiger charge is -2.30. The molecule has 128 valence electrons. The van der Waals surface area contributed by atoms with Crippen molar-refractivity contribution in [3.63, 3.8) is 0 Å². The van der Waals surface area contributed by atoms with Gasteiger partial charge in [0.2, 0.25) is 0 Å². The summed E-state index contributed by atoms with van der Waals surface area (Å²) in [4.78, 5) is 27.5. The fourth-order valence-corrected chi connectivity index (χ4v) is 3.74. The molecule has 0 bridgehead atoms. The minimum absolute atomic E-state index is 0.249. The number of thiocarbonyl (C=S) groups is 1. The minimum Gasteiger partial charge on any atom is -0.548 e. The third-order valence-corrected chi connectivity index (χ3v) is 5.01. The van der Waals surface area contributed by atoms with E-state index in [4.69, 9.17) is 12.2 Å². The summed E-state index contributed by atoms with van der Waals surface area (Å²) >= 11 is 6.33. The average molecular weight is 363 g/mol. The van der Waals surface area contributed by atoms with E-state index in [1.807, 2.05) is 43.3 Å². The van der Waals surface area contributed by atoms with Crippen LogP contribution in [0, 0.1) is 5.92 Å². The second-order valence-corrected chi connectivity index (χ2v) is 7.72. The number of hydrogen-bond donors (Lipinski definition) is 0. The molecule has 1 heterocycles. The van der Waals surface area contributed by atoms with Gasteiger partial charge in [0.05, 0.1) is 16.9 Å². The second-order valence-electron chi connectivity index (χ2n) is 6.05. The molecule has 1 aromatic carbocycles. The van der Waals surface area contributed by atoms with E-state index < -0.39 is 12.0 Å². The molecule has 0 N–H and O–H groups in total. The third-order valence-electron chi connectivity index (χ3n) is 3.68. The lowest BCUT2D eigenvalue weighted by Crippen LogP contribution is -2.52. The maximum absolute atomic E-state index is 12.6. The summed E-state index contributed by atoms with van der Waals surface area (Å²) in [6.07, 6.45) is 1.73. The van der Waals surface area contributed by atoms with E-state index in [1.165, 1.54) is 0 Å². The van der Waals surface area contributed by atoms with Gasteiger partial charge in [-0.15, -0.1) is 0 Å². The Kier molecular flexibility index (Phi) is 5.66. The molecule has 1 saturated heterocycles. The molecule has 0 saturated carbocycles. The third kappa shape index (κ3) is 3.79. The predicted molar refractivity (Wildman–Crippen MR) is 99.4 cm³/mol. The van der Waals surface area contributed by atoms with Crippen LogP contribution in [0.1, 0.15) is 19.4 Å². The van der Waals surface area contributed by atoms with Crippen LogP contribution in [0.2, 0.25) is 0 Å². The summed E-state index contributed by atoms with van der Waals surface area (Å²) < 4.78 is 0.249. The molecular formula is C17H19N2O3S2-. The van der Waals surface area contributed by atoms with Crippen molar-refractivity contribution < 1.29 is 14.7 Å². The molecule has 1 aromatic rings. The Hall–Kier alpha value is -1.86. The Morgan fingerprint density at radius 3 is 2.33 bits per heavy atom. The Morgan fingerprint density at radius 1 is 1.29 bits per heavy atom.